The van der Waals surface area contributed by atoms with Gasteiger partial charge in [0.05, 0.1) is 24.0 Å². The largest absolute Gasteiger partial charge is 0.495 e. The molecule has 1 amide bonds. The van der Waals surface area contributed by atoms with Gasteiger partial charge in [-0.3, -0.25) is 4.79 Å². The molecule has 0 fully saturated rings. The predicted molar refractivity (Wildman–Crippen MR) is 106 cm³/mol. The minimum Gasteiger partial charge on any atom is -0.495 e. The SMILES string of the molecule is COc1ccc(Nc2ccc(NC(=O)COc3ccccc3)cn2)cc1Cl. The van der Waals surface area contributed by atoms with E-state index in [4.69, 9.17) is 21.1 Å². The van der Waals surface area contributed by atoms with E-state index in [1.807, 2.05) is 24.3 Å². The summed E-state index contributed by atoms with van der Waals surface area (Å²) in [5.41, 5.74) is 1.36. The third-order valence-corrected chi connectivity index (χ3v) is 3.88. The van der Waals surface area contributed by atoms with Gasteiger partial charge in [-0.1, -0.05) is 29.8 Å². The molecule has 2 aromatic carbocycles. The topological polar surface area (TPSA) is 72.5 Å². The van der Waals surface area contributed by atoms with Crippen molar-refractivity contribution in [3.05, 3.63) is 71.9 Å². The van der Waals surface area contributed by atoms with E-state index in [2.05, 4.69) is 15.6 Å². The second kappa shape index (κ2) is 8.91. The first-order chi connectivity index (χ1) is 13.1. The smallest absolute Gasteiger partial charge is 0.262 e. The fourth-order valence-electron chi connectivity index (χ4n) is 2.30. The van der Waals surface area contributed by atoms with E-state index in [1.165, 1.54) is 0 Å². The fraction of sp³-hybridized carbons (Fsp3) is 0.100. The molecule has 0 bridgehead atoms. The minimum atomic E-state index is -0.261. The Labute approximate surface area is 162 Å². The fourth-order valence-corrected chi connectivity index (χ4v) is 2.55. The van der Waals surface area contributed by atoms with Gasteiger partial charge < -0.3 is 20.1 Å². The van der Waals surface area contributed by atoms with Crippen LogP contribution in [-0.4, -0.2) is 24.6 Å². The maximum Gasteiger partial charge on any atom is 0.262 e. The highest BCUT2D eigenvalue weighted by atomic mass is 35.5. The third kappa shape index (κ3) is 5.36. The molecule has 1 aromatic heterocycles. The van der Waals surface area contributed by atoms with Crippen LogP contribution in [0.1, 0.15) is 0 Å². The van der Waals surface area contributed by atoms with E-state index in [9.17, 15) is 4.79 Å². The van der Waals surface area contributed by atoms with Crippen molar-refractivity contribution >= 4 is 34.7 Å². The molecule has 0 spiro atoms. The van der Waals surface area contributed by atoms with Crippen LogP contribution >= 0.6 is 11.6 Å². The molecule has 0 saturated heterocycles. The number of anilines is 3. The van der Waals surface area contributed by atoms with Crippen LogP contribution < -0.4 is 20.1 Å². The molecule has 0 saturated carbocycles. The van der Waals surface area contributed by atoms with Gasteiger partial charge in [-0.15, -0.1) is 0 Å². The van der Waals surface area contributed by atoms with Gasteiger partial charge in [0, 0.05) is 5.69 Å². The molecular weight excluding hydrogens is 366 g/mol. The van der Waals surface area contributed by atoms with Gasteiger partial charge in [0.2, 0.25) is 0 Å². The normalized spacial score (nSPS) is 10.1. The zero-order valence-electron chi connectivity index (χ0n) is 14.6. The number of ether oxygens (including phenoxy) is 2. The molecule has 27 heavy (non-hydrogen) atoms. The summed E-state index contributed by atoms with van der Waals surface area (Å²) in [4.78, 5) is 16.2. The summed E-state index contributed by atoms with van der Waals surface area (Å²) in [7, 11) is 1.56. The first kappa shape index (κ1) is 18.5. The number of carbonyl (C=O) groups is 1. The van der Waals surface area contributed by atoms with Crippen molar-refractivity contribution in [1.29, 1.82) is 0 Å². The number of methoxy groups -OCH3 is 1. The number of benzene rings is 2. The van der Waals surface area contributed by atoms with Crippen molar-refractivity contribution in [3.63, 3.8) is 0 Å². The van der Waals surface area contributed by atoms with Crippen molar-refractivity contribution in [1.82, 2.24) is 4.98 Å². The maximum atomic E-state index is 12.0. The summed E-state index contributed by atoms with van der Waals surface area (Å²) in [6.07, 6.45) is 1.56. The number of aromatic nitrogens is 1. The summed E-state index contributed by atoms with van der Waals surface area (Å²) >= 11 is 6.11. The highest BCUT2D eigenvalue weighted by molar-refractivity contribution is 6.32. The molecule has 3 rings (SSSR count). The van der Waals surface area contributed by atoms with Crippen molar-refractivity contribution < 1.29 is 14.3 Å². The summed E-state index contributed by atoms with van der Waals surface area (Å²) < 4.78 is 10.5. The average molecular weight is 384 g/mol. The molecule has 6 nitrogen and oxygen atoms in total. The van der Waals surface area contributed by atoms with E-state index < -0.39 is 0 Å². The average Bonchev–Trinajstić information content (AvgIpc) is 2.69. The summed E-state index contributed by atoms with van der Waals surface area (Å²) in [5.74, 6) is 1.60. The number of nitrogens with one attached hydrogen (secondary N) is 2. The van der Waals surface area contributed by atoms with E-state index in [-0.39, 0.29) is 12.5 Å². The van der Waals surface area contributed by atoms with Gasteiger partial charge in [-0.25, -0.2) is 4.98 Å². The number of amides is 1. The molecule has 2 N–H and O–H groups in total. The lowest BCUT2D eigenvalue weighted by Gasteiger charge is -2.10. The second-order valence-electron chi connectivity index (χ2n) is 5.56. The van der Waals surface area contributed by atoms with E-state index in [0.29, 0.717) is 28.0 Å². The first-order valence-electron chi connectivity index (χ1n) is 8.18. The van der Waals surface area contributed by atoms with E-state index >= 15 is 0 Å². The molecule has 138 valence electrons. The molecule has 3 aromatic rings. The molecular formula is C20H18ClN3O3. The number of halogens is 1. The maximum absolute atomic E-state index is 12.0. The number of nitrogens with zero attached hydrogens (tertiary/aromatic N) is 1. The van der Waals surface area contributed by atoms with Crippen molar-refractivity contribution in [3.8, 4) is 11.5 Å². The van der Waals surface area contributed by atoms with Gasteiger partial charge in [-0.2, -0.15) is 0 Å². The molecule has 0 aliphatic carbocycles. The van der Waals surface area contributed by atoms with Crippen LogP contribution in [0.3, 0.4) is 0 Å². The van der Waals surface area contributed by atoms with Crippen LogP contribution in [-0.2, 0) is 4.79 Å². The summed E-state index contributed by atoms with van der Waals surface area (Å²) in [5, 5.41) is 6.37. The Kier molecular flexibility index (Phi) is 6.12. The van der Waals surface area contributed by atoms with Crippen LogP contribution in [0.4, 0.5) is 17.2 Å². The number of hydrogen-bond acceptors (Lipinski definition) is 5. The van der Waals surface area contributed by atoms with Crippen LogP contribution in [0, 0.1) is 0 Å². The quantitative estimate of drug-likeness (QED) is 0.628. The van der Waals surface area contributed by atoms with Gasteiger partial charge in [0.25, 0.3) is 5.91 Å². The molecule has 1 heterocycles. The lowest BCUT2D eigenvalue weighted by molar-refractivity contribution is -0.118. The Morgan fingerprint density at radius 1 is 1.07 bits per heavy atom. The van der Waals surface area contributed by atoms with Crippen molar-refractivity contribution in [2.24, 2.45) is 0 Å². The van der Waals surface area contributed by atoms with Gasteiger partial charge in [-0.05, 0) is 42.5 Å². The molecule has 0 radical (unpaired) electrons. The zero-order chi connectivity index (χ0) is 19.1. The van der Waals surface area contributed by atoms with Gasteiger partial charge in [0.15, 0.2) is 6.61 Å². The monoisotopic (exact) mass is 383 g/mol. The number of pyridine rings is 1. The number of carbonyl (C=O) groups excluding carboxylic acids is 1. The first-order valence-corrected chi connectivity index (χ1v) is 8.56. The highest BCUT2D eigenvalue weighted by Crippen LogP contribution is 2.28. The summed E-state index contributed by atoms with van der Waals surface area (Å²) in [6, 6.07) is 18.0. The third-order valence-electron chi connectivity index (χ3n) is 3.58. The van der Waals surface area contributed by atoms with E-state index in [0.717, 1.165) is 5.69 Å². The Balaban J connectivity index is 1.53. The number of rotatable bonds is 7. The highest BCUT2D eigenvalue weighted by Gasteiger charge is 2.06. The van der Waals surface area contributed by atoms with Crippen molar-refractivity contribution in [2.75, 3.05) is 24.4 Å². The molecule has 0 aliphatic rings. The standard InChI is InChI=1S/C20H18ClN3O3/c1-26-18-9-7-14(11-17(18)21)23-19-10-8-15(12-22-19)24-20(25)13-27-16-5-3-2-4-6-16/h2-12H,13H2,1H3,(H,22,23)(H,24,25). The van der Waals surface area contributed by atoms with Gasteiger partial charge in [0.1, 0.15) is 17.3 Å². The Morgan fingerprint density at radius 2 is 1.85 bits per heavy atom. The molecule has 0 aliphatic heterocycles. The lowest BCUT2D eigenvalue weighted by Crippen LogP contribution is -2.20. The number of hydrogen-bond donors (Lipinski definition) is 2. The number of para-hydroxylation sites is 1. The van der Waals surface area contributed by atoms with Crippen LogP contribution in [0.5, 0.6) is 11.5 Å². The van der Waals surface area contributed by atoms with Crippen LogP contribution in [0.2, 0.25) is 5.02 Å². The Bertz CT molecular complexity index is 902. The Hall–Kier alpha value is -3.25. The van der Waals surface area contributed by atoms with E-state index in [1.54, 1.807) is 49.7 Å². The molecule has 0 unspecified atom stereocenters. The summed E-state index contributed by atoms with van der Waals surface area (Å²) in [6.45, 7) is -0.0750. The molecule has 7 heteroatoms. The Morgan fingerprint density at radius 3 is 2.52 bits per heavy atom. The van der Waals surface area contributed by atoms with Gasteiger partial charge >= 0.3 is 0 Å². The predicted octanol–water partition coefficient (Wildman–Crippen LogP) is 4.50. The zero-order valence-corrected chi connectivity index (χ0v) is 15.4. The lowest BCUT2D eigenvalue weighted by atomic mass is 10.3. The van der Waals surface area contributed by atoms with Crippen molar-refractivity contribution in [2.45, 2.75) is 0 Å². The van der Waals surface area contributed by atoms with Crippen LogP contribution in [0.25, 0.3) is 0 Å². The molecule has 0 atom stereocenters. The van der Waals surface area contributed by atoms with Crippen LogP contribution in [0.15, 0.2) is 66.9 Å². The minimum absolute atomic E-state index is 0.0750. The second-order valence-corrected chi connectivity index (χ2v) is 5.96.